The van der Waals surface area contributed by atoms with Gasteiger partial charge in [-0.25, -0.2) is 0 Å². The first kappa shape index (κ1) is 23.6. The van der Waals surface area contributed by atoms with Crippen LogP contribution in [0, 0.1) is 17.8 Å². The van der Waals surface area contributed by atoms with E-state index in [9.17, 15) is 0 Å². The van der Waals surface area contributed by atoms with Gasteiger partial charge in [0.2, 0.25) is 0 Å². The SMILES string of the molecule is CCCCCCCC1CCC(c2ccc(C#Cc3ccc4cc(CC)ccc4c3)cc2)CC1. The fraction of sp³-hybridized carbons (Fsp3) is 0.455. The molecule has 3 aromatic carbocycles. The van der Waals surface area contributed by atoms with Crippen LogP contribution in [0.4, 0.5) is 0 Å². The highest BCUT2D eigenvalue weighted by Crippen LogP contribution is 2.37. The van der Waals surface area contributed by atoms with Gasteiger partial charge in [-0.3, -0.25) is 0 Å². The van der Waals surface area contributed by atoms with Crippen LogP contribution in [-0.4, -0.2) is 0 Å². The van der Waals surface area contributed by atoms with Crippen molar-refractivity contribution in [1.29, 1.82) is 0 Å². The molecule has 0 spiro atoms. The summed E-state index contributed by atoms with van der Waals surface area (Å²) < 4.78 is 0. The van der Waals surface area contributed by atoms with Gasteiger partial charge in [-0.05, 0) is 90.1 Å². The monoisotopic (exact) mass is 436 g/mol. The Morgan fingerprint density at radius 3 is 2.09 bits per heavy atom. The van der Waals surface area contributed by atoms with E-state index >= 15 is 0 Å². The van der Waals surface area contributed by atoms with Crippen molar-refractivity contribution in [3.63, 3.8) is 0 Å². The summed E-state index contributed by atoms with van der Waals surface area (Å²) in [5.41, 5.74) is 5.10. The predicted octanol–water partition coefficient (Wildman–Crippen LogP) is 9.44. The molecule has 33 heavy (non-hydrogen) atoms. The second-order valence-electron chi connectivity index (χ2n) is 10.0. The quantitative estimate of drug-likeness (QED) is 0.244. The second kappa shape index (κ2) is 12.1. The van der Waals surface area contributed by atoms with E-state index in [0.717, 1.165) is 29.4 Å². The van der Waals surface area contributed by atoms with E-state index in [1.165, 1.54) is 86.1 Å². The Bertz CT molecular complexity index is 1070. The summed E-state index contributed by atoms with van der Waals surface area (Å²) in [7, 11) is 0. The molecule has 0 heteroatoms. The van der Waals surface area contributed by atoms with Crippen LogP contribution < -0.4 is 0 Å². The van der Waals surface area contributed by atoms with E-state index in [-0.39, 0.29) is 0 Å². The molecule has 0 unspecified atom stereocenters. The van der Waals surface area contributed by atoms with Crippen molar-refractivity contribution in [3.05, 3.63) is 82.9 Å². The molecular weight excluding hydrogens is 396 g/mol. The molecular formula is C33H40. The Morgan fingerprint density at radius 2 is 1.33 bits per heavy atom. The Hall–Kier alpha value is -2.52. The van der Waals surface area contributed by atoms with Gasteiger partial charge in [0, 0.05) is 11.1 Å². The minimum atomic E-state index is 0.747. The smallest absolute Gasteiger partial charge is 0.0255 e. The van der Waals surface area contributed by atoms with Crippen molar-refractivity contribution < 1.29 is 0 Å². The summed E-state index contributed by atoms with van der Waals surface area (Å²) in [6.07, 6.45) is 15.2. The van der Waals surface area contributed by atoms with Gasteiger partial charge < -0.3 is 0 Å². The van der Waals surface area contributed by atoms with Gasteiger partial charge >= 0.3 is 0 Å². The van der Waals surface area contributed by atoms with Crippen LogP contribution in [0.3, 0.4) is 0 Å². The largest absolute Gasteiger partial charge is 0.0654 e. The van der Waals surface area contributed by atoms with E-state index in [1.807, 2.05) is 0 Å². The van der Waals surface area contributed by atoms with Crippen molar-refractivity contribution in [1.82, 2.24) is 0 Å². The molecule has 3 aromatic rings. The topological polar surface area (TPSA) is 0 Å². The second-order valence-corrected chi connectivity index (χ2v) is 10.0. The molecule has 0 aliphatic heterocycles. The van der Waals surface area contributed by atoms with Gasteiger partial charge in [0.25, 0.3) is 0 Å². The molecule has 0 amide bonds. The van der Waals surface area contributed by atoms with E-state index in [4.69, 9.17) is 0 Å². The third-order valence-corrected chi connectivity index (χ3v) is 7.61. The molecule has 1 fully saturated rings. The van der Waals surface area contributed by atoms with Crippen LogP contribution in [0.15, 0.2) is 60.7 Å². The average Bonchev–Trinajstić information content (AvgIpc) is 2.87. The number of aryl methyl sites for hydroxylation is 1. The Balaban J connectivity index is 1.30. The van der Waals surface area contributed by atoms with Crippen LogP contribution in [0.1, 0.15) is 106 Å². The van der Waals surface area contributed by atoms with Crippen LogP contribution >= 0.6 is 0 Å². The van der Waals surface area contributed by atoms with Crippen molar-refractivity contribution in [3.8, 4) is 11.8 Å². The lowest BCUT2D eigenvalue weighted by Crippen LogP contribution is -2.13. The van der Waals surface area contributed by atoms with Crippen LogP contribution in [0.2, 0.25) is 0 Å². The Kier molecular flexibility index (Phi) is 8.65. The number of hydrogen-bond acceptors (Lipinski definition) is 0. The van der Waals surface area contributed by atoms with Crippen molar-refractivity contribution in [2.24, 2.45) is 5.92 Å². The lowest BCUT2D eigenvalue weighted by Gasteiger charge is -2.29. The zero-order valence-corrected chi connectivity index (χ0v) is 20.7. The summed E-state index contributed by atoms with van der Waals surface area (Å²) in [6, 6.07) is 22.4. The van der Waals surface area contributed by atoms with Gasteiger partial charge in [-0.15, -0.1) is 0 Å². The van der Waals surface area contributed by atoms with E-state index in [2.05, 4.69) is 86.4 Å². The molecule has 0 saturated heterocycles. The molecule has 1 aliphatic rings. The van der Waals surface area contributed by atoms with Gasteiger partial charge in [-0.1, -0.05) is 101 Å². The first-order valence-corrected chi connectivity index (χ1v) is 13.4. The molecule has 1 saturated carbocycles. The Labute approximate surface area is 201 Å². The lowest BCUT2D eigenvalue weighted by molar-refractivity contribution is 0.302. The summed E-state index contributed by atoms with van der Waals surface area (Å²) in [4.78, 5) is 0. The van der Waals surface area contributed by atoms with Crippen LogP contribution in [0.5, 0.6) is 0 Å². The number of unbranched alkanes of at least 4 members (excludes halogenated alkanes) is 4. The number of hydrogen-bond donors (Lipinski definition) is 0. The molecule has 0 nitrogen and oxygen atoms in total. The molecule has 0 aromatic heterocycles. The average molecular weight is 437 g/mol. The van der Waals surface area contributed by atoms with E-state index < -0.39 is 0 Å². The lowest BCUT2D eigenvalue weighted by atomic mass is 9.77. The fourth-order valence-electron chi connectivity index (χ4n) is 5.40. The van der Waals surface area contributed by atoms with Crippen molar-refractivity contribution in [2.45, 2.75) is 90.4 Å². The van der Waals surface area contributed by atoms with E-state index in [1.54, 1.807) is 0 Å². The molecule has 4 rings (SSSR count). The maximum Gasteiger partial charge on any atom is 0.0255 e. The zero-order valence-electron chi connectivity index (χ0n) is 20.7. The summed E-state index contributed by atoms with van der Waals surface area (Å²) in [5, 5.41) is 2.57. The number of rotatable bonds is 8. The van der Waals surface area contributed by atoms with Crippen molar-refractivity contribution in [2.75, 3.05) is 0 Å². The van der Waals surface area contributed by atoms with Gasteiger partial charge in [0.15, 0.2) is 0 Å². The molecule has 1 aliphatic carbocycles. The summed E-state index contributed by atoms with van der Waals surface area (Å²) in [5.74, 6) is 8.46. The third-order valence-electron chi connectivity index (χ3n) is 7.61. The maximum absolute atomic E-state index is 3.37. The van der Waals surface area contributed by atoms with Gasteiger partial charge in [-0.2, -0.15) is 0 Å². The molecule has 0 heterocycles. The Morgan fingerprint density at radius 1 is 0.667 bits per heavy atom. The highest BCUT2D eigenvalue weighted by molar-refractivity contribution is 5.84. The minimum Gasteiger partial charge on any atom is -0.0654 e. The van der Waals surface area contributed by atoms with Crippen molar-refractivity contribution >= 4 is 10.8 Å². The fourth-order valence-corrected chi connectivity index (χ4v) is 5.40. The third kappa shape index (κ3) is 6.74. The van der Waals surface area contributed by atoms with Gasteiger partial charge in [0.1, 0.15) is 0 Å². The molecule has 0 N–H and O–H groups in total. The summed E-state index contributed by atoms with van der Waals surface area (Å²) >= 11 is 0. The number of fused-ring (bicyclic) bond motifs is 1. The number of benzene rings is 3. The normalized spacial score (nSPS) is 18.1. The standard InChI is InChI=1S/C33H40/c1-3-5-6-7-8-9-27-13-18-30(19-14-27)31-20-15-28(16-21-31)10-11-29-17-23-32-24-26(4-2)12-22-33(32)25-29/h12,15-17,20-25,27,30H,3-9,13-14,18-19H2,1-2H3. The van der Waals surface area contributed by atoms with E-state index in [0.29, 0.717) is 0 Å². The predicted molar refractivity (Wildman–Crippen MR) is 144 cm³/mol. The molecule has 0 atom stereocenters. The maximum atomic E-state index is 3.37. The zero-order chi connectivity index (χ0) is 22.9. The van der Waals surface area contributed by atoms with Crippen LogP contribution in [0.25, 0.3) is 10.8 Å². The van der Waals surface area contributed by atoms with Gasteiger partial charge in [0.05, 0.1) is 0 Å². The molecule has 172 valence electrons. The summed E-state index contributed by atoms with van der Waals surface area (Å²) in [6.45, 7) is 4.50. The highest BCUT2D eigenvalue weighted by Gasteiger charge is 2.21. The highest BCUT2D eigenvalue weighted by atomic mass is 14.3. The first-order valence-electron chi connectivity index (χ1n) is 13.4. The molecule has 0 radical (unpaired) electrons. The van der Waals surface area contributed by atoms with Crippen LogP contribution in [-0.2, 0) is 6.42 Å². The minimum absolute atomic E-state index is 0.747. The molecule has 0 bridgehead atoms. The first-order chi connectivity index (χ1) is 16.2.